The number of carboxylic acid groups (broad SMARTS) is 1. The zero-order chi connectivity index (χ0) is 15.1. The van der Waals surface area contributed by atoms with Gasteiger partial charge in [0.05, 0.1) is 0 Å². The van der Waals surface area contributed by atoms with Crippen LogP contribution in [0.5, 0.6) is 0 Å². The molecule has 0 radical (unpaired) electrons. The summed E-state index contributed by atoms with van der Waals surface area (Å²) in [6.07, 6.45) is 4.14. The number of carbonyl (C=O) groups excluding carboxylic acids is 1. The number of amides is 2. The first-order valence-electron chi connectivity index (χ1n) is 7.66. The van der Waals surface area contributed by atoms with E-state index >= 15 is 0 Å². The largest absolute Gasteiger partial charge is 0.481 e. The third kappa shape index (κ3) is 6.78. The van der Waals surface area contributed by atoms with Gasteiger partial charge in [0.25, 0.3) is 0 Å². The molecule has 0 aliphatic heterocycles. The number of nitrogens with one attached hydrogen (secondary N) is 2. The predicted molar refractivity (Wildman–Crippen MR) is 78.5 cm³/mol. The second-order valence-corrected chi connectivity index (χ2v) is 6.25. The highest BCUT2D eigenvalue weighted by Crippen LogP contribution is 2.32. The summed E-state index contributed by atoms with van der Waals surface area (Å²) in [6, 6.07) is 0.146. The van der Waals surface area contributed by atoms with Crippen molar-refractivity contribution in [3.63, 3.8) is 0 Å². The minimum absolute atomic E-state index is 0.106. The molecule has 0 heterocycles. The maximum atomic E-state index is 11.7. The van der Waals surface area contributed by atoms with Gasteiger partial charge in [0.15, 0.2) is 0 Å². The number of carbonyl (C=O) groups is 2. The molecule has 3 N–H and O–H groups in total. The Labute approximate surface area is 121 Å². The molecule has 0 aromatic rings. The minimum Gasteiger partial charge on any atom is -0.481 e. The lowest BCUT2D eigenvalue weighted by molar-refractivity contribution is -0.137. The molecule has 5 nitrogen and oxygen atoms in total. The van der Waals surface area contributed by atoms with E-state index in [0.717, 1.165) is 6.42 Å². The number of urea groups is 1. The summed E-state index contributed by atoms with van der Waals surface area (Å²) in [7, 11) is 0. The number of carboxylic acids is 1. The normalized spacial score (nSPS) is 17.6. The second-order valence-electron chi connectivity index (χ2n) is 6.25. The van der Waals surface area contributed by atoms with Gasteiger partial charge in [-0.15, -0.1) is 0 Å². The Morgan fingerprint density at radius 2 is 1.85 bits per heavy atom. The van der Waals surface area contributed by atoms with Crippen LogP contribution in [0.3, 0.4) is 0 Å². The predicted octanol–water partition coefficient (Wildman–Crippen LogP) is 2.61. The quantitative estimate of drug-likeness (QED) is 0.609. The van der Waals surface area contributed by atoms with E-state index in [1.165, 1.54) is 12.8 Å². The van der Waals surface area contributed by atoms with Gasteiger partial charge in [0.1, 0.15) is 0 Å². The van der Waals surface area contributed by atoms with Crippen molar-refractivity contribution in [3.05, 3.63) is 0 Å². The van der Waals surface area contributed by atoms with E-state index in [2.05, 4.69) is 24.5 Å². The molecule has 1 aliphatic rings. The molecule has 116 valence electrons. The molecule has 1 aliphatic carbocycles. The number of hydrogen-bond donors (Lipinski definition) is 3. The van der Waals surface area contributed by atoms with Gasteiger partial charge in [0, 0.05) is 19.0 Å². The van der Waals surface area contributed by atoms with E-state index in [1.54, 1.807) is 0 Å². The van der Waals surface area contributed by atoms with E-state index in [1.807, 2.05) is 6.92 Å². The van der Waals surface area contributed by atoms with Crippen LogP contribution >= 0.6 is 0 Å². The first kappa shape index (κ1) is 16.8. The van der Waals surface area contributed by atoms with E-state index in [0.29, 0.717) is 30.7 Å². The van der Waals surface area contributed by atoms with Crippen molar-refractivity contribution in [2.45, 2.75) is 58.9 Å². The van der Waals surface area contributed by atoms with Crippen molar-refractivity contribution < 1.29 is 14.7 Å². The summed E-state index contributed by atoms with van der Waals surface area (Å²) in [4.78, 5) is 22.3. The fraction of sp³-hybridized carbons (Fsp3) is 0.867. The topological polar surface area (TPSA) is 78.4 Å². The molecule has 2 unspecified atom stereocenters. The maximum Gasteiger partial charge on any atom is 0.315 e. The molecule has 5 heteroatoms. The zero-order valence-electron chi connectivity index (χ0n) is 12.8. The van der Waals surface area contributed by atoms with Crippen LogP contribution in [-0.2, 0) is 4.79 Å². The van der Waals surface area contributed by atoms with E-state index in [4.69, 9.17) is 5.11 Å². The van der Waals surface area contributed by atoms with Gasteiger partial charge >= 0.3 is 12.0 Å². The molecular formula is C15H28N2O3. The Morgan fingerprint density at radius 3 is 2.35 bits per heavy atom. The van der Waals surface area contributed by atoms with Crippen LogP contribution in [0.4, 0.5) is 4.79 Å². The second kappa shape index (κ2) is 8.12. The number of aliphatic carboxylic acids is 1. The zero-order valence-corrected chi connectivity index (χ0v) is 12.8. The summed E-state index contributed by atoms with van der Waals surface area (Å²) in [5, 5.41) is 14.6. The third-order valence-electron chi connectivity index (χ3n) is 4.16. The fourth-order valence-electron chi connectivity index (χ4n) is 2.46. The average molecular weight is 284 g/mol. The van der Waals surface area contributed by atoms with Gasteiger partial charge in [-0.3, -0.25) is 4.79 Å². The smallest absolute Gasteiger partial charge is 0.315 e. The summed E-state index contributed by atoms with van der Waals surface area (Å²) in [6.45, 7) is 6.84. The molecule has 2 amide bonds. The lowest BCUT2D eigenvalue weighted by Gasteiger charge is -2.20. The maximum absolute atomic E-state index is 11.7. The van der Waals surface area contributed by atoms with Crippen molar-refractivity contribution in [1.82, 2.24) is 10.6 Å². The highest BCUT2D eigenvalue weighted by atomic mass is 16.4. The highest BCUT2D eigenvalue weighted by Gasteiger charge is 2.28. The average Bonchev–Trinajstić information content (AvgIpc) is 3.16. The summed E-state index contributed by atoms with van der Waals surface area (Å²) < 4.78 is 0. The molecule has 2 atom stereocenters. The van der Waals surface area contributed by atoms with Crippen molar-refractivity contribution >= 4 is 12.0 Å². The van der Waals surface area contributed by atoms with Gasteiger partial charge in [-0.2, -0.15) is 0 Å². The van der Waals surface area contributed by atoms with Crippen LogP contribution in [0.2, 0.25) is 0 Å². The van der Waals surface area contributed by atoms with E-state index in [9.17, 15) is 9.59 Å². The van der Waals surface area contributed by atoms with E-state index < -0.39 is 5.97 Å². The standard InChI is InChI=1S/C15H28N2O3/c1-10(2)12(6-7-14(18)19)8-9-16-15(20)17-11(3)13-4-5-13/h10-13H,4-9H2,1-3H3,(H,18,19)(H2,16,17,20). The molecule has 0 bridgehead atoms. The van der Waals surface area contributed by atoms with Crippen LogP contribution in [0.25, 0.3) is 0 Å². The Kier molecular flexibility index (Phi) is 6.82. The molecular weight excluding hydrogens is 256 g/mol. The summed E-state index contributed by atoms with van der Waals surface area (Å²) in [5.41, 5.74) is 0. The van der Waals surface area contributed by atoms with Gasteiger partial charge in [-0.1, -0.05) is 13.8 Å². The Hall–Kier alpha value is -1.26. The molecule has 20 heavy (non-hydrogen) atoms. The Bertz CT molecular complexity index is 327. The van der Waals surface area contributed by atoms with Gasteiger partial charge in [-0.05, 0) is 50.4 Å². The molecule has 0 aromatic carbocycles. The summed E-state index contributed by atoms with van der Waals surface area (Å²) in [5.74, 6) is 0.677. The minimum atomic E-state index is -0.750. The van der Waals surface area contributed by atoms with Gasteiger partial charge < -0.3 is 15.7 Å². The molecule has 0 aromatic heterocycles. The van der Waals surface area contributed by atoms with E-state index in [-0.39, 0.29) is 18.5 Å². The lowest BCUT2D eigenvalue weighted by atomic mass is 9.88. The van der Waals surface area contributed by atoms with Crippen molar-refractivity contribution in [2.24, 2.45) is 17.8 Å². The molecule has 0 spiro atoms. The molecule has 1 fully saturated rings. The molecule has 1 saturated carbocycles. The SMILES string of the molecule is CC(C)C(CCNC(=O)NC(C)C1CC1)CCC(=O)O. The first-order valence-corrected chi connectivity index (χ1v) is 7.66. The fourth-order valence-corrected chi connectivity index (χ4v) is 2.46. The van der Waals surface area contributed by atoms with Crippen LogP contribution in [0.15, 0.2) is 0 Å². The molecule has 0 saturated heterocycles. The van der Waals surface area contributed by atoms with Gasteiger partial charge in [0.2, 0.25) is 0 Å². The van der Waals surface area contributed by atoms with Crippen molar-refractivity contribution in [1.29, 1.82) is 0 Å². The third-order valence-corrected chi connectivity index (χ3v) is 4.16. The highest BCUT2D eigenvalue weighted by molar-refractivity contribution is 5.74. The van der Waals surface area contributed by atoms with Crippen molar-refractivity contribution in [2.75, 3.05) is 6.54 Å². The van der Waals surface area contributed by atoms with Crippen molar-refractivity contribution in [3.8, 4) is 0 Å². The first-order chi connectivity index (χ1) is 9.40. The molecule has 1 rings (SSSR count). The lowest BCUT2D eigenvalue weighted by Crippen LogP contribution is -2.42. The monoisotopic (exact) mass is 284 g/mol. The van der Waals surface area contributed by atoms with Crippen LogP contribution in [-0.4, -0.2) is 29.7 Å². The van der Waals surface area contributed by atoms with Gasteiger partial charge in [-0.25, -0.2) is 4.79 Å². The Balaban J connectivity index is 2.18. The van der Waals surface area contributed by atoms with Crippen LogP contribution in [0.1, 0.15) is 52.9 Å². The number of hydrogen-bond acceptors (Lipinski definition) is 2. The van der Waals surface area contributed by atoms with Crippen LogP contribution in [0, 0.1) is 17.8 Å². The number of rotatable bonds is 9. The van der Waals surface area contributed by atoms with Crippen LogP contribution < -0.4 is 10.6 Å². The summed E-state index contributed by atoms with van der Waals surface area (Å²) >= 11 is 0. The Morgan fingerprint density at radius 1 is 1.20 bits per heavy atom.